The van der Waals surface area contributed by atoms with Gasteiger partial charge in [0.15, 0.2) is 0 Å². The molecule has 9 heteroatoms. The predicted octanol–water partition coefficient (Wildman–Crippen LogP) is -0.474. The molecule has 116 valence electrons. The number of amides is 2. The average Bonchev–Trinajstić information content (AvgIpc) is 3.06. The zero-order chi connectivity index (χ0) is 15.3. The monoisotopic (exact) mass is 297 g/mol. The number of carbonyl (C=O) groups excluding carboxylic acids is 1. The summed E-state index contributed by atoms with van der Waals surface area (Å²) in [6, 6.07) is -0.931. The number of carboxylic acid groups (broad SMARTS) is 1. The minimum atomic E-state index is -1.09. The fourth-order valence-electron chi connectivity index (χ4n) is 2.10. The summed E-state index contributed by atoms with van der Waals surface area (Å²) in [5.74, 6) is -0.213. The fourth-order valence-corrected chi connectivity index (χ4v) is 2.10. The molecule has 0 spiro atoms. The third-order valence-corrected chi connectivity index (χ3v) is 3.59. The zero-order valence-corrected chi connectivity index (χ0v) is 11.8. The summed E-state index contributed by atoms with van der Waals surface area (Å²) < 4.78 is 5.17. The normalized spacial score (nSPS) is 24.7. The van der Waals surface area contributed by atoms with Crippen molar-refractivity contribution in [2.24, 2.45) is 5.41 Å². The number of hydrogen-bond acceptors (Lipinski definition) is 5. The van der Waals surface area contributed by atoms with Gasteiger partial charge >= 0.3 is 12.0 Å². The molecule has 0 aliphatic carbocycles. The number of hydrogen-bond donors (Lipinski definition) is 4. The maximum absolute atomic E-state index is 11.8. The number of rotatable bonds is 6. The third kappa shape index (κ3) is 3.69. The number of aliphatic carboxylic acids is 1. The second-order valence-electron chi connectivity index (χ2n) is 5.23. The summed E-state index contributed by atoms with van der Waals surface area (Å²) in [5, 5.41) is 21.0. The van der Waals surface area contributed by atoms with Gasteiger partial charge in [-0.05, 0) is 13.3 Å². The fraction of sp³-hybridized carbons (Fsp3) is 0.667. The second-order valence-corrected chi connectivity index (χ2v) is 5.23. The van der Waals surface area contributed by atoms with E-state index in [1.807, 2.05) is 0 Å². The number of carbonyl (C=O) groups is 2. The minimum absolute atomic E-state index is 0.0960. The number of H-pyrrole nitrogens is 1. The molecule has 0 bridgehead atoms. The van der Waals surface area contributed by atoms with Crippen molar-refractivity contribution in [3.8, 4) is 0 Å². The number of nitrogens with one attached hydrogen (secondary N) is 3. The van der Waals surface area contributed by atoms with Gasteiger partial charge in [-0.25, -0.2) is 9.78 Å². The standard InChI is InChI=1S/C12H19N5O4/c1-12(10(18)19)6-21-5-8(12)16-11(20)13-4-2-3-9-14-7-15-17-9/h7-8H,2-6H2,1H3,(H,18,19)(H2,13,16,20)(H,14,15,17). The molecular weight excluding hydrogens is 278 g/mol. The Morgan fingerprint density at radius 3 is 3.10 bits per heavy atom. The molecule has 9 nitrogen and oxygen atoms in total. The van der Waals surface area contributed by atoms with Crippen molar-refractivity contribution in [1.82, 2.24) is 25.8 Å². The minimum Gasteiger partial charge on any atom is -0.481 e. The first kappa shape index (κ1) is 15.2. The van der Waals surface area contributed by atoms with Crippen LogP contribution in [0.4, 0.5) is 4.79 Å². The van der Waals surface area contributed by atoms with Crippen molar-refractivity contribution in [1.29, 1.82) is 0 Å². The Morgan fingerprint density at radius 1 is 1.62 bits per heavy atom. The van der Waals surface area contributed by atoms with Crippen LogP contribution in [0.15, 0.2) is 6.33 Å². The Labute approximate surface area is 121 Å². The van der Waals surface area contributed by atoms with Crippen LogP contribution in [0, 0.1) is 5.41 Å². The largest absolute Gasteiger partial charge is 0.481 e. The maximum Gasteiger partial charge on any atom is 0.315 e. The van der Waals surface area contributed by atoms with Gasteiger partial charge in [-0.3, -0.25) is 9.89 Å². The third-order valence-electron chi connectivity index (χ3n) is 3.59. The molecule has 1 fully saturated rings. The number of aromatic nitrogens is 3. The number of nitrogens with zero attached hydrogens (tertiary/aromatic N) is 2. The van der Waals surface area contributed by atoms with E-state index < -0.39 is 23.5 Å². The summed E-state index contributed by atoms with van der Waals surface area (Å²) >= 11 is 0. The lowest BCUT2D eigenvalue weighted by molar-refractivity contribution is -0.148. The van der Waals surface area contributed by atoms with E-state index in [9.17, 15) is 14.7 Å². The summed E-state index contributed by atoms with van der Waals surface area (Å²) in [7, 11) is 0. The van der Waals surface area contributed by atoms with E-state index in [-0.39, 0.29) is 13.2 Å². The first-order valence-corrected chi connectivity index (χ1v) is 6.72. The zero-order valence-electron chi connectivity index (χ0n) is 11.8. The van der Waals surface area contributed by atoms with Crippen LogP contribution in [0.5, 0.6) is 0 Å². The summed E-state index contributed by atoms with van der Waals surface area (Å²) in [5.41, 5.74) is -1.09. The van der Waals surface area contributed by atoms with E-state index in [0.29, 0.717) is 19.4 Å². The van der Waals surface area contributed by atoms with Crippen LogP contribution in [0.1, 0.15) is 19.2 Å². The van der Waals surface area contributed by atoms with Crippen LogP contribution < -0.4 is 10.6 Å². The molecule has 1 aliphatic heterocycles. The highest BCUT2D eigenvalue weighted by Gasteiger charge is 2.47. The highest BCUT2D eigenvalue weighted by Crippen LogP contribution is 2.28. The highest BCUT2D eigenvalue weighted by molar-refractivity contribution is 5.79. The molecule has 2 atom stereocenters. The lowest BCUT2D eigenvalue weighted by atomic mass is 9.85. The van der Waals surface area contributed by atoms with Crippen LogP contribution in [-0.2, 0) is 16.0 Å². The Bertz CT molecular complexity index is 492. The molecule has 4 N–H and O–H groups in total. The van der Waals surface area contributed by atoms with Crippen molar-refractivity contribution in [3.05, 3.63) is 12.2 Å². The summed E-state index contributed by atoms with van der Waals surface area (Å²) in [6.07, 6.45) is 2.82. The van der Waals surface area contributed by atoms with E-state index in [4.69, 9.17) is 4.74 Å². The van der Waals surface area contributed by atoms with E-state index in [1.54, 1.807) is 6.92 Å². The van der Waals surface area contributed by atoms with Crippen molar-refractivity contribution in [2.45, 2.75) is 25.8 Å². The van der Waals surface area contributed by atoms with Gasteiger partial charge in [-0.1, -0.05) is 0 Å². The predicted molar refractivity (Wildman–Crippen MR) is 71.6 cm³/mol. The number of urea groups is 1. The first-order chi connectivity index (χ1) is 10.0. The van der Waals surface area contributed by atoms with E-state index in [1.165, 1.54) is 6.33 Å². The van der Waals surface area contributed by atoms with Gasteiger partial charge in [0.1, 0.15) is 17.6 Å². The molecule has 0 saturated carbocycles. The molecule has 1 saturated heterocycles. The van der Waals surface area contributed by atoms with Gasteiger partial charge in [0.2, 0.25) is 0 Å². The van der Waals surface area contributed by atoms with Crippen LogP contribution >= 0.6 is 0 Å². The van der Waals surface area contributed by atoms with Gasteiger partial charge in [-0.2, -0.15) is 5.10 Å². The Kier molecular flexibility index (Phi) is 4.73. The smallest absolute Gasteiger partial charge is 0.315 e. The molecule has 2 rings (SSSR count). The SMILES string of the molecule is CC1(C(=O)O)COCC1NC(=O)NCCCc1ncn[nH]1. The molecule has 1 aliphatic rings. The molecule has 2 heterocycles. The van der Waals surface area contributed by atoms with Gasteiger partial charge in [0.05, 0.1) is 19.3 Å². The number of ether oxygens (including phenoxy) is 1. The molecule has 21 heavy (non-hydrogen) atoms. The number of aromatic amines is 1. The summed E-state index contributed by atoms with van der Waals surface area (Å²) in [4.78, 5) is 27.0. The first-order valence-electron chi connectivity index (χ1n) is 6.72. The Morgan fingerprint density at radius 2 is 2.43 bits per heavy atom. The molecule has 2 amide bonds. The second kappa shape index (κ2) is 6.53. The highest BCUT2D eigenvalue weighted by atomic mass is 16.5. The molecule has 2 unspecified atom stereocenters. The maximum atomic E-state index is 11.8. The van der Waals surface area contributed by atoms with E-state index in [0.717, 1.165) is 5.82 Å². The molecule has 0 aromatic carbocycles. The molecular formula is C12H19N5O4. The number of carboxylic acids is 1. The van der Waals surface area contributed by atoms with Crippen molar-refractivity contribution < 1.29 is 19.4 Å². The lowest BCUT2D eigenvalue weighted by Crippen LogP contribution is -2.52. The molecule has 1 aromatic rings. The van der Waals surface area contributed by atoms with Crippen molar-refractivity contribution in [3.63, 3.8) is 0 Å². The van der Waals surface area contributed by atoms with Crippen LogP contribution in [-0.4, -0.2) is 58.1 Å². The topological polar surface area (TPSA) is 129 Å². The van der Waals surface area contributed by atoms with Gasteiger partial charge in [0.25, 0.3) is 0 Å². The van der Waals surface area contributed by atoms with Crippen LogP contribution in [0.2, 0.25) is 0 Å². The van der Waals surface area contributed by atoms with E-state index >= 15 is 0 Å². The molecule has 0 radical (unpaired) electrons. The molecule has 1 aromatic heterocycles. The van der Waals surface area contributed by atoms with Gasteiger partial charge in [0, 0.05) is 13.0 Å². The van der Waals surface area contributed by atoms with Crippen molar-refractivity contribution in [2.75, 3.05) is 19.8 Å². The van der Waals surface area contributed by atoms with E-state index in [2.05, 4.69) is 25.8 Å². The lowest BCUT2D eigenvalue weighted by Gasteiger charge is -2.25. The van der Waals surface area contributed by atoms with Crippen LogP contribution in [0.25, 0.3) is 0 Å². The Balaban J connectivity index is 1.70. The number of aryl methyl sites for hydroxylation is 1. The average molecular weight is 297 g/mol. The quantitative estimate of drug-likeness (QED) is 0.525. The Hall–Kier alpha value is -2.16. The van der Waals surface area contributed by atoms with Gasteiger partial charge in [-0.15, -0.1) is 0 Å². The van der Waals surface area contributed by atoms with Gasteiger partial charge < -0.3 is 20.5 Å². The van der Waals surface area contributed by atoms with Crippen LogP contribution in [0.3, 0.4) is 0 Å². The van der Waals surface area contributed by atoms with Crippen molar-refractivity contribution >= 4 is 12.0 Å². The summed E-state index contributed by atoms with van der Waals surface area (Å²) in [6.45, 7) is 2.33.